The van der Waals surface area contributed by atoms with Gasteiger partial charge in [-0.25, -0.2) is 4.98 Å². The van der Waals surface area contributed by atoms with Crippen molar-refractivity contribution in [2.75, 3.05) is 13.0 Å². The van der Waals surface area contributed by atoms with Crippen LogP contribution in [-0.2, 0) is 6.42 Å². The van der Waals surface area contributed by atoms with Crippen LogP contribution in [-0.4, -0.2) is 27.5 Å². The zero-order chi connectivity index (χ0) is 14.8. The number of ether oxygens (including phenoxy) is 1. The van der Waals surface area contributed by atoms with E-state index in [1.54, 1.807) is 25.6 Å². The average Bonchev–Trinajstić information content (AvgIpc) is 2.85. The summed E-state index contributed by atoms with van der Waals surface area (Å²) in [5.41, 5.74) is 2.61. The molecule has 0 unspecified atom stereocenters. The molecule has 2 heterocycles. The maximum atomic E-state index is 6.14. The molecule has 0 saturated carbocycles. The maximum absolute atomic E-state index is 6.14. The Morgan fingerprint density at radius 1 is 1.29 bits per heavy atom. The third-order valence-corrected chi connectivity index (χ3v) is 3.65. The van der Waals surface area contributed by atoms with E-state index in [0.717, 1.165) is 28.3 Å². The van der Waals surface area contributed by atoms with Crippen LogP contribution in [0.15, 0.2) is 36.7 Å². The molecule has 0 amide bonds. The summed E-state index contributed by atoms with van der Waals surface area (Å²) in [5.74, 6) is 2.07. The molecule has 0 saturated heterocycles. The lowest BCUT2D eigenvalue weighted by molar-refractivity contribution is 0.413. The van der Waals surface area contributed by atoms with Gasteiger partial charge in [0.25, 0.3) is 0 Å². The summed E-state index contributed by atoms with van der Waals surface area (Å²) in [6, 6.07) is 7.42. The highest BCUT2D eigenvalue weighted by atomic mass is 35.5. The van der Waals surface area contributed by atoms with Crippen molar-refractivity contribution >= 4 is 34.2 Å². The summed E-state index contributed by atoms with van der Waals surface area (Å²) in [7, 11) is 1.63. The largest absolute Gasteiger partial charge is 0.495 e. The molecule has 4 nitrogen and oxygen atoms in total. The van der Waals surface area contributed by atoms with Crippen molar-refractivity contribution in [3.63, 3.8) is 0 Å². The van der Waals surface area contributed by atoms with Gasteiger partial charge in [-0.2, -0.15) is 0 Å². The number of rotatable bonds is 4. The molecule has 108 valence electrons. The molecule has 0 aliphatic heterocycles. The first-order valence-electron chi connectivity index (χ1n) is 6.46. The van der Waals surface area contributed by atoms with Crippen molar-refractivity contribution in [1.82, 2.24) is 14.5 Å². The van der Waals surface area contributed by atoms with Crippen molar-refractivity contribution in [1.29, 1.82) is 0 Å². The fourth-order valence-electron chi connectivity index (χ4n) is 2.34. The molecule has 0 atom stereocenters. The third-order valence-electron chi connectivity index (χ3n) is 3.23. The van der Waals surface area contributed by atoms with Gasteiger partial charge < -0.3 is 4.74 Å². The van der Waals surface area contributed by atoms with Gasteiger partial charge in [-0.15, -0.1) is 11.6 Å². The Balaban J connectivity index is 2.32. The predicted molar refractivity (Wildman–Crippen MR) is 84.9 cm³/mol. The molecular weight excluding hydrogens is 309 g/mol. The van der Waals surface area contributed by atoms with Crippen molar-refractivity contribution in [2.24, 2.45) is 0 Å². The number of hydrogen-bond donors (Lipinski definition) is 0. The number of pyridine rings is 1. The summed E-state index contributed by atoms with van der Waals surface area (Å²) in [6.07, 6.45) is 4.12. The van der Waals surface area contributed by atoms with E-state index in [2.05, 4.69) is 9.97 Å². The molecular formula is C15H13Cl2N3O. The molecule has 3 aromatic rings. The van der Waals surface area contributed by atoms with Gasteiger partial charge in [-0.3, -0.25) is 9.55 Å². The molecule has 0 radical (unpaired) electrons. The number of benzene rings is 1. The van der Waals surface area contributed by atoms with E-state index >= 15 is 0 Å². The second-order valence-electron chi connectivity index (χ2n) is 4.48. The minimum atomic E-state index is 0.486. The smallest absolute Gasteiger partial charge is 0.143 e. The van der Waals surface area contributed by atoms with Crippen LogP contribution >= 0.6 is 23.2 Å². The number of hydrogen-bond acceptors (Lipinski definition) is 3. The van der Waals surface area contributed by atoms with E-state index in [4.69, 9.17) is 27.9 Å². The van der Waals surface area contributed by atoms with Crippen molar-refractivity contribution in [3.8, 4) is 11.4 Å². The second kappa shape index (κ2) is 5.92. The number of halogens is 2. The molecule has 6 heteroatoms. The van der Waals surface area contributed by atoms with E-state index in [1.807, 2.05) is 22.8 Å². The number of fused-ring (bicyclic) bond motifs is 1. The number of alkyl halides is 1. The van der Waals surface area contributed by atoms with Crippen molar-refractivity contribution in [2.45, 2.75) is 6.42 Å². The molecule has 0 aliphatic carbocycles. The Kier molecular flexibility index (Phi) is 3.99. The number of nitrogens with zero attached hydrogens (tertiary/aromatic N) is 3. The summed E-state index contributed by atoms with van der Waals surface area (Å²) in [4.78, 5) is 8.72. The average molecular weight is 322 g/mol. The van der Waals surface area contributed by atoms with E-state index in [0.29, 0.717) is 17.3 Å². The number of aryl methyl sites for hydroxylation is 1. The van der Waals surface area contributed by atoms with Crippen LogP contribution in [0.2, 0.25) is 5.02 Å². The van der Waals surface area contributed by atoms with E-state index in [1.165, 1.54) is 0 Å². The Bertz CT molecular complexity index is 786. The molecule has 3 rings (SSSR count). The molecule has 1 aromatic carbocycles. The quantitative estimate of drug-likeness (QED) is 0.685. The summed E-state index contributed by atoms with van der Waals surface area (Å²) >= 11 is 12.0. The van der Waals surface area contributed by atoms with Gasteiger partial charge in [-0.05, 0) is 24.3 Å². The van der Waals surface area contributed by atoms with Gasteiger partial charge in [0, 0.05) is 23.5 Å². The SMILES string of the molecule is COc1ccc(Cl)cc1-n1c(CCCl)nc2cnccc21. The van der Waals surface area contributed by atoms with Crippen LogP contribution < -0.4 is 4.74 Å². The fraction of sp³-hybridized carbons (Fsp3) is 0.200. The van der Waals surface area contributed by atoms with Crippen molar-refractivity contribution < 1.29 is 4.74 Å². The zero-order valence-corrected chi connectivity index (χ0v) is 12.9. The first-order chi connectivity index (χ1) is 10.2. The first-order valence-corrected chi connectivity index (χ1v) is 7.37. The fourth-order valence-corrected chi connectivity index (χ4v) is 2.68. The zero-order valence-electron chi connectivity index (χ0n) is 11.4. The molecule has 0 spiro atoms. The highest BCUT2D eigenvalue weighted by molar-refractivity contribution is 6.30. The highest BCUT2D eigenvalue weighted by Crippen LogP contribution is 2.30. The van der Waals surface area contributed by atoms with Crippen LogP contribution in [0.3, 0.4) is 0 Å². The lowest BCUT2D eigenvalue weighted by atomic mass is 10.2. The lowest BCUT2D eigenvalue weighted by Crippen LogP contribution is -2.04. The number of imidazole rings is 1. The molecule has 0 bridgehead atoms. The van der Waals surface area contributed by atoms with E-state index < -0.39 is 0 Å². The molecule has 0 fully saturated rings. The molecule has 0 N–H and O–H groups in total. The van der Waals surface area contributed by atoms with E-state index in [-0.39, 0.29) is 0 Å². The molecule has 2 aromatic heterocycles. The van der Waals surface area contributed by atoms with Gasteiger partial charge in [0.2, 0.25) is 0 Å². The van der Waals surface area contributed by atoms with Crippen LogP contribution in [0.5, 0.6) is 5.75 Å². The standard InChI is InChI=1S/C15H13Cl2N3O/c1-21-14-3-2-10(17)8-13(14)20-12-5-7-18-9-11(12)19-15(20)4-6-16/h2-3,5,7-9H,4,6H2,1H3. The minimum absolute atomic E-state index is 0.486. The molecule has 0 aliphatic rings. The van der Waals surface area contributed by atoms with Gasteiger partial charge in [0.05, 0.1) is 24.5 Å². The van der Waals surface area contributed by atoms with Crippen LogP contribution in [0.4, 0.5) is 0 Å². The monoisotopic (exact) mass is 321 g/mol. The maximum Gasteiger partial charge on any atom is 0.143 e. The lowest BCUT2D eigenvalue weighted by Gasteiger charge is -2.13. The Morgan fingerprint density at radius 2 is 2.14 bits per heavy atom. The van der Waals surface area contributed by atoms with Gasteiger partial charge in [0.15, 0.2) is 0 Å². The highest BCUT2D eigenvalue weighted by Gasteiger charge is 2.15. The first kappa shape index (κ1) is 14.2. The second-order valence-corrected chi connectivity index (χ2v) is 5.30. The normalized spacial score (nSPS) is 11.0. The predicted octanol–water partition coefficient (Wildman–Crippen LogP) is 3.86. The topological polar surface area (TPSA) is 39.9 Å². The van der Waals surface area contributed by atoms with Crippen LogP contribution in [0.1, 0.15) is 5.82 Å². The third kappa shape index (κ3) is 2.57. The Labute approximate surface area is 132 Å². The van der Waals surface area contributed by atoms with Crippen LogP contribution in [0, 0.1) is 0 Å². The van der Waals surface area contributed by atoms with Gasteiger partial charge in [-0.1, -0.05) is 11.6 Å². The Hall–Kier alpha value is -1.78. The van der Waals surface area contributed by atoms with Gasteiger partial charge >= 0.3 is 0 Å². The minimum Gasteiger partial charge on any atom is -0.495 e. The van der Waals surface area contributed by atoms with Gasteiger partial charge in [0.1, 0.15) is 17.1 Å². The van der Waals surface area contributed by atoms with Crippen LogP contribution in [0.25, 0.3) is 16.7 Å². The summed E-state index contributed by atoms with van der Waals surface area (Å²) in [5, 5.41) is 0.638. The number of aromatic nitrogens is 3. The van der Waals surface area contributed by atoms with E-state index in [9.17, 15) is 0 Å². The summed E-state index contributed by atoms with van der Waals surface area (Å²) in [6.45, 7) is 0. The Morgan fingerprint density at radius 3 is 2.90 bits per heavy atom. The summed E-state index contributed by atoms with van der Waals surface area (Å²) < 4.78 is 7.47. The number of methoxy groups -OCH3 is 1. The van der Waals surface area contributed by atoms with Crippen molar-refractivity contribution in [3.05, 3.63) is 47.5 Å². The molecule has 21 heavy (non-hydrogen) atoms.